The number of piperazine rings is 1. The fraction of sp³-hybridized carbons (Fsp3) is 0.350. The Morgan fingerprint density at radius 1 is 1.04 bits per heavy atom. The molecule has 1 amide bonds. The first-order valence-corrected chi connectivity index (χ1v) is 8.50. The van der Waals surface area contributed by atoms with Gasteiger partial charge in [0.25, 0.3) is 5.91 Å². The van der Waals surface area contributed by atoms with Crippen LogP contribution in [0.2, 0.25) is 0 Å². The van der Waals surface area contributed by atoms with Gasteiger partial charge in [-0.2, -0.15) is 0 Å². The number of aryl methyl sites for hydroxylation is 1. The molecule has 1 saturated heterocycles. The molecule has 0 atom stereocenters. The van der Waals surface area contributed by atoms with Crippen molar-refractivity contribution in [3.05, 3.63) is 65.5 Å². The van der Waals surface area contributed by atoms with E-state index in [9.17, 15) is 4.79 Å². The number of benzene rings is 1. The molecule has 1 aliphatic rings. The van der Waals surface area contributed by atoms with Crippen LogP contribution in [0.5, 0.6) is 0 Å². The highest BCUT2D eigenvalue weighted by Crippen LogP contribution is 2.12. The van der Waals surface area contributed by atoms with Crippen molar-refractivity contribution in [2.45, 2.75) is 6.92 Å². The highest BCUT2D eigenvalue weighted by Gasteiger charge is 2.23. The standard InChI is InChI=1S/C20H25N3O/c1-17-10-11-19(21(17)2)20(24)23-15-13-22(14-16-23)12-6-9-18-7-4-3-5-8-18/h3-11H,12-16H2,1-2H3/b9-6+. The largest absolute Gasteiger partial charge is 0.344 e. The Kier molecular flexibility index (Phi) is 5.16. The molecule has 2 aromatic rings. The molecule has 0 saturated carbocycles. The van der Waals surface area contributed by atoms with E-state index in [0.29, 0.717) is 0 Å². The van der Waals surface area contributed by atoms with Crippen LogP contribution < -0.4 is 0 Å². The highest BCUT2D eigenvalue weighted by atomic mass is 16.2. The molecule has 1 aliphatic heterocycles. The number of carbonyl (C=O) groups is 1. The summed E-state index contributed by atoms with van der Waals surface area (Å²) in [5.41, 5.74) is 3.12. The van der Waals surface area contributed by atoms with Gasteiger partial charge in [-0.05, 0) is 24.6 Å². The maximum atomic E-state index is 12.6. The lowest BCUT2D eigenvalue weighted by Crippen LogP contribution is -2.48. The van der Waals surface area contributed by atoms with E-state index in [1.54, 1.807) is 0 Å². The Morgan fingerprint density at radius 3 is 2.38 bits per heavy atom. The van der Waals surface area contributed by atoms with Crippen LogP contribution in [0.3, 0.4) is 0 Å². The van der Waals surface area contributed by atoms with Gasteiger partial charge in [-0.25, -0.2) is 0 Å². The summed E-state index contributed by atoms with van der Waals surface area (Å²) in [5.74, 6) is 0.144. The molecular formula is C20H25N3O. The number of amides is 1. The number of carbonyl (C=O) groups excluding carboxylic acids is 1. The van der Waals surface area contributed by atoms with Crippen LogP contribution in [0.25, 0.3) is 6.08 Å². The lowest BCUT2D eigenvalue weighted by Gasteiger charge is -2.34. The predicted octanol–water partition coefficient (Wildman–Crippen LogP) is 2.80. The van der Waals surface area contributed by atoms with Crippen LogP contribution in [0.1, 0.15) is 21.7 Å². The molecule has 0 radical (unpaired) electrons. The number of nitrogens with zero attached hydrogens (tertiary/aromatic N) is 3. The Labute approximate surface area is 144 Å². The molecule has 24 heavy (non-hydrogen) atoms. The highest BCUT2D eigenvalue weighted by molar-refractivity contribution is 5.93. The van der Waals surface area contributed by atoms with Gasteiger partial charge >= 0.3 is 0 Å². The van der Waals surface area contributed by atoms with E-state index in [4.69, 9.17) is 0 Å². The SMILES string of the molecule is Cc1ccc(C(=O)N2CCN(C/C=C/c3ccccc3)CC2)n1C. The van der Waals surface area contributed by atoms with Crippen molar-refractivity contribution in [2.75, 3.05) is 32.7 Å². The van der Waals surface area contributed by atoms with E-state index in [0.717, 1.165) is 44.1 Å². The van der Waals surface area contributed by atoms with Gasteiger partial charge in [0.1, 0.15) is 5.69 Å². The lowest BCUT2D eigenvalue weighted by molar-refractivity contribution is 0.0640. The summed E-state index contributed by atoms with van der Waals surface area (Å²) in [5, 5.41) is 0. The first-order chi connectivity index (χ1) is 11.6. The smallest absolute Gasteiger partial charge is 0.270 e. The number of rotatable bonds is 4. The molecule has 0 N–H and O–H groups in total. The van der Waals surface area contributed by atoms with Crippen molar-refractivity contribution >= 4 is 12.0 Å². The quantitative estimate of drug-likeness (QED) is 0.865. The van der Waals surface area contributed by atoms with E-state index in [-0.39, 0.29) is 5.91 Å². The maximum absolute atomic E-state index is 12.6. The van der Waals surface area contributed by atoms with E-state index >= 15 is 0 Å². The monoisotopic (exact) mass is 323 g/mol. The van der Waals surface area contributed by atoms with E-state index in [2.05, 4.69) is 41.3 Å². The lowest BCUT2D eigenvalue weighted by atomic mass is 10.2. The molecule has 1 fully saturated rings. The third-order valence-electron chi connectivity index (χ3n) is 4.72. The zero-order valence-electron chi connectivity index (χ0n) is 14.5. The van der Waals surface area contributed by atoms with Gasteiger partial charge in [-0.15, -0.1) is 0 Å². The first-order valence-electron chi connectivity index (χ1n) is 8.50. The third-order valence-corrected chi connectivity index (χ3v) is 4.72. The summed E-state index contributed by atoms with van der Waals surface area (Å²) in [6.45, 7) is 6.39. The molecule has 0 unspecified atom stereocenters. The molecule has 4 heteroatoms. The number of hydrogen-bond donors (Lipinski definition) is 0. The summed E-state index contributed by atoms with van der Waals surface area (Å²) >= 11 is 0. The molecule has 1 aromatic heterocycles. The second kappa shape index (κ2) is 7.49. The Morgan fingerprint density at radius 2 is 1.75 bits per heavy atom. The topological polar surface area (TPSA) is 28.5 Å². The molecule has 4 nitrogen and oxygen atoms in total. The second-order valence-corrected chi connectivity index (χ2v) is 6.32. The molecule has 0 spiro atoms. The minimum Gasteiger partial charge on any atom is -0.344 e. The molecular weight excluding hydrogens is 298 g/mol. The van der Waals surface area contributed by atoms with Crippen molar-refractivity contribution in [1.82, 2.24) is 14.4 Å². The minimum absolute atomic E-state index is 0.144. The summed E-state index contributed by atoms with van der Waals surface area (Å²) in [4.78, 5) is 17.0. The van der Waals surface area contributed by atoms with E-state index in [1.807, 2.05) is 41.6 Å². The van der Waals surface area contributed by atoms with Gasteiger partial charge < -0.3 is 9.47 Å². The average Bonchev–Trinajstić information content (AvgIpc) is 2.95. The van der Waals surface area contributed by atoms with Gasteiger partial charge in [0.05, 0.1) is 0 Å². The third kappa shape index (κ3) is 3.77. The van der Waals surface area contributed by atoms with Crippen LogP contribution in [-0.2, 0) is 7.05 Å². The normalized spacial score (nSPS) is 16.0. The van der Waals surface area contributed by atoms with Gasteiger partial charge in [-0.1, -0.05) is 42.5 Å². The van der Waals surface area contributed by atoms with Gasteiger partial charge in [0, 0.05) is 45.5 Å². The van der Waals surface area contributed by atoms with Crippen molar-refractivity contribution in [3.63, 3.8) is 0 Å². The van der Waals surface area contributed by atoms with Crippen LogP contribution in [0, 0.1) is 6.92 Å². The predicted molar refractivity (Wildman–Crippen MR) is 98.0 cm³/mol. The fourth-order valence-electron chi connectivity index (χ4n) is 3.03. The molecule has 0 bridgehead atoms. The summed E-state index contributed by atoms with van der Waals surface area (Å²) in [6.07, 6.45) is 4.36. The Bertz CT molecular complexity index is 710. The number of aromatic nitrogens is 1. The zero-order valence-corrected chi connectivity index (χ0v) is 14.5. The van der Waals surface area contributed by atoms with Crippen molar-refractivity contribution in [1.29, 1.82) is 0 Å². The average molecular weight is 323 g/mol. The van der Waals surface area contributed by atoms with Gasteiger partial charge in [0.15, 0.2) is 0 Å². The molecule has 3 rings (SSSR count). The van der Waals surface area contributed by atoms with Crippen LogP contribution >= 0.6 is 0 Å². The van der Waals surface area contributed by atoms with E-state index in [1.165, 1.54) is 5.56 Å². The van der Waals surface area contributed by atoms with Gasteiger partial charge in [0.2, 0.25) is 0 Å². The fourth-order valence-corrected chi connectivity index (χ4v) is 3.03. The zero-order chi connectivity index (χ0) is 16.9. The van der Waals surface area contributed by atoms with Crippen LogP contribution in [0.15, 0.2) is 48.5 Å². The first kappa shape index (κ1) is 16.5. The van der Waals surface area contributed by atoms with Crippen molar-refractivity contribution in [2.24, 2.45) is 7.05 Å². The van der Waals surface area contributed by atoms with E-state index < -0.39 is 0 Å². The van der Waals surface area contributed by atoms with Gasteiger partial charge in [-0.3, -0.25) is 9.69 Å². The molecule has 1 aromatic carbocycles. The summed E-state index contributed by atoms with van der Waals surface area (Å²) in [6, 6.07) is 14.3. The molecule has 2 heterocycles. The minimum atomic E-state index is 0.144. The molecule has 126 valence electrons. The second-order valence-electron chi connectivity index (χ2n) is 6.32. The maximum Gasteiger partial charge on any atom is 0.270 e. The van der Waals surface area contributed by atoms with Crippen LogP contribution in [0.4, 0.5) is 0 Å². The molecule has 0 aliphatic carbocycles. The Balaban J connectivity index is 1.50. The Hall–Kier alpha value is -2.33. The summed E-state index contributed by atoms with van der Waals surface area (Å²) in [7, 11) is 1.95. The van der Waals surface area contributed by atoms with Crippen LogP contribution in [-0.4, -0.2) is 53.0 Å². The number of hydrogen-bond acceptors (Lipinski definition) is 2. The van der Waals surface area contributed by atoms with Crippen molar-refractivity contribution in [3.8, 4) is 0 Å². The summed E-state index contributed by atoms with van der Waals surface area (Å²) < 4.78 is 1.97. The van der Waals surface area contributed by atoms with Crippen molar-refractivity contribution < 1.29 is 4.79 Å².